The summed E-state index contributed by atoms with van der Waals surface area (Å²) in [5.74, 6) is 0.260. The summed E-state index contributed by atoms with van der Waals surface area (Å²) in [5.41, 5.74) is 9.76. The van der Waals surface area contributed by atoms with Gasteiger partial charge in [0.15, 0.2) is 0 Å². The number of nitrogens with one attached hydrogen (secondary N) is 3. The van der Waals surface area contributed by atoms with Crippen LogP contribution in [0.25, 0.3) is 17.0 Å². The smallest absolute Gasteiger partial charge is 0.223 e. The Morgan fingerprint density at radius 3 is 2.63 bits per heavy atom. The van der Waals surface area contributed by atoms with Crippen LogP contribution in [0.5, 0.6) is 0 Å². The van der Waals surface area contributed by atoms with Gasteiger partial charge in [0.25, 0.3) is 0 Å². The molecule has 1 aliphatic rings. The van der Waals surface area contributed by atoms with Gasteiger partial charge in [-0.2, -0.15) is 10.4 Å². The molecule has 1 aliphatic carbocycles. The van der Waals surface area contributed by atoms with E-state index >= 15 is 0 Å². The lowest BCUT2D eigenvalue weighted by Crippen LogP contribution is -2.30. The summed E-state index contributed by atoms with van der Waals surface area (Å²) in [5, 5.41) is 40.2. The summed E-state index contributed by atoms with van der Waals surface area (Å²) < 4.78 is 0. The van der Waals surface area contributed by atoms with E-state index in [4.69, 9.17) is 5.53 Å². The third-order valence-electron chi connectivity index (χ3n) is 6.31. The number of aromatic nitrogens is 3. The molecule has 3 aromatic rings. The molecule has 1 aromatic carbocycles. The normalized spacial score (nSPS) is 15.1. The quantitative estimate of drug-likeness (QED) is 0.248. The van der Waals surface area contributed by atoms with E-state index in [2.05, 4.69) is 36.8 Å². The molecular formula is C28H32N8O2. The van der Waals surface area contributed by atoms with Crippen molar-refractivity contribution < 1.29 is 10.2 Å². The molecule has 196 valence electrons. The van der Waals surface area contributed by atoms with E-state index in [0.29, 0.717) is 34.8 Å². The van der Waals surface area contributed by atoms with Gasteiger partial charge >= 0.3 is 0 Å². The number of rotatable bonds is 10. The second-order valence-electron chi connectivity index (χ2n) is 10.1. The molecule has 10 heteroatoms. The van der Waals surface area contributed by atoms with E-state index in [1.807, 2.05) is 24.3 Å². The second-order valence-corrected chi connectivity index (χ2v) is 10.1. The summed E-state index contributed by atoms with van der Waals surface area (Å²) in [6, 6.07) is 16.5. The Hall–Kier alpha value is -4.20. The lowest BCUT2D eigenvalue weighted by molar-refractivity contribution is 0.0397. The zero-order valence-electron chi connectivity index (χ0n) is 21.6. The number of aliphatic hydroxyl groups is 2. The van der Waals surface area contributed by atoms with Crippen molar-refractivity contribution in [3.05, 3.63) is 77.4 Å². The Morgan fingerprint density at radius 2 is 1.92 bits per heavy atom. The molecule has 2 aromatic heterocycles. The number of nitriles is 1. The van der Waals surface area contributed by atoms with Gasteiger partial charge in [-0.05, 0) is 57.0 Å². The Kier molecular flexibility index (Phi) is 8.10. The Bertz CT molecular complexity index is 1370. The minimum Gasteiger partial charge on any atom is -0.389 e. The minimum atomic E-state index is -0.993. The molecule has 0 radical (unpaired) electrons. The van der Waals surface area contributed by atoms with Gasteiger partial charge in [-0.1, -0.05) is 31.0 Å². The van der Waals surface area contributed by atoms with Crippen molar-refractivity contribution in [2.75, 3.05) is 11.9 Å². The molecule has 38 heavy (non-hydrogen) atoms. The van der Waals surface area contributed by atoms with Crippen molar-refractivity contribution in [3.8, 4) is 17.3 Å². The number of hydrogen-bond donors (Lipinski definition) is 5. The summed E-state index contributed by atoms with van der Waals surface area (Å²) in [6.07, 6.45) is 5.01. The highest BCUT2D eigenvalue weighted by atomic mass is 16.3. The van der Waals surface area contributed by atoms with Gasteiger partial charge in [0.05, 0.1) is 46.6 Å². The lowest BCUT2D eigenvalue weighted by atomic mass is 9.97. The molecule has 1 saturated carbocycles. The van der Waals surface area contributed by atoms with Crippen molar-refractivity contribution in [1.82, 2.24) is 20.3 Å². The van der Waals surface area contributed by atoms with Crippen LogP contribution in [0.4, 0.5) is 5.95 Å². The van der Waals surface area contributed by atoms with Crippen LogP contribution in [0.2, 0.25) is 0 Å². The topological polar surface area (TPSA) is 163 Å². The molecule has 0 bridgehead atoms. The van der Waals surface area contributed by atoms with Crippen LogP contribution in [0, 0.1) is 16.9 Å². The third-order valence-corrected chi connectivity index (χ3v) is 6.31. The Morgan fingerprint density at radius 1 is 1.16 bits per heavy atom. The zero-order chi connectivity index (χ0) is 27.2. The maximum atomic E-state index is 10.9. The Balaban J connectivity index is 1.59. The van der Waals surface area contributed by atoms with Gasteiger partial charge in [-0.15, -0.1) is 0 Å². The highest BCUT2D eigenvalue weighted by Gasteiger charge is 2.34. The van der Waals surface area contributed by atoms with Crippen LogP contribution in [0.1, 0.15) is 62.2 Å². The molecule has 4 rings (SSSR count). The average molecular weight is 513 g/mol. The van der Waals surface area contributed by atoms with E-state index in [-0.39, 0.29) is 18.2 Å². The average Bonchev–Trinajstić information content (AvgIpc) is 3.37. The molecule has 0 unspecified atom stereocenters. The van der Waals surface area contributed by atoms with E-state index in [1.165, 1.54) is 0 Å². The predicted octanol–water partition coefficient (Wildman–Crippen LogP) is 4.47. The maximum absolute atomic E-state index is 10.9. The van der Waals surface area contributed by atoms with Crippen LogP contribution >= 0.6 is 0 Å². The van der Waals surface area contributed by atoms with E-state index < -0.39 is 11.2 Å². The van der Waals surface area contributed by atoms with Gasteiger partial charge in [0, 0.05) is 18.3 Å². The number of hydrogen-bond acceptors (Lipinski definition) is 10. The summed E-state index contributed by atoms with van der Waals surface area (Å²) >= 11 is 0. The van der Waals surface area contributed by atoms with E-state index in [9.17, 15) is 15.5 Å². The highest BCUT2D eigenvalue weighted by molar-refractivity contribution is 5.69. The van der Waals surface area contributed by atoms with E-state index in [1.54, 1.807) is 44.3 Å². The first-order valence-corrected chi connectivity index (χ1v) is 12.6. The number of anilines is 1. The van der Waals surface area contributed by atoms with Crippen LogP contribution in [0.15, 0.2) is 59.8 Å². The fourth-order valence-corrected chi connectivity index (χ4v) is 4.32. The fourth-order valence-electron chi connectivity index (χ4n) is 4.32. The lowest BCUT2D eigenvalue weighted by Gasteiger charge is -2.21. The third kappa shape index (κ3) is 6.76. The van der Waals surface area contributed by atoms with E-state index in [0.717, 1.165) is 31.4 Å². The molecule has 0 atom stereocenters. The number of pyridine rings is 1. The largest absolute Gasteiger partial charge is 0.389 e. The molecule has 2 heterocycles. The second kappa shape index (κ2) is 11.5. The molecular weight excluding hydrogens is 480 g/mol. The minimum absolute atomic E-state index is 0.206. The molecule has 0 aliphatic heterocycles. The van der Waals surface area contributed by atoms with Crippen molar-refractivity contribution in [2.24, 2.45) is 5.11 Å². The van der Waals surface area contributed by atoms with Gasteiger partial charge in [-0.3, -0.25) is 4.98 Å². The fraction of sp³-hybridized carbons (Fsp3) is 0.357. The first-order valence-electron chi connectivity index (χ1n) is 12.6. The summed E-state index contributed by atoms with van der Waals surface area (Å²) in [6.45, 7) is 3.92. The van der Waals surface area contributed by atoms with Crippen molar-refractivity contribution in [2.45, 2.75) is 57.3 Å². The molecule has 1 fully saturated rings. The molecule has 0 saturated heterocycles. The maximum Gasteiger partial charge on any atom is 0.223 e. The number of nitrogens with zero attached hydrogens (tertiary/aromatic N) is 5. The van der Waals surface area contributed by atoms with Crippen LogP contribution < -0.4 is 10.6 Å². The summed E-state index contributed by atoms with van der Waals surface area (Å²) in [4.78, 5) is 13.7. The SMILES string of the molecule is CC(C)(O)CNc1nc(/C(=C/NCc2cccc(C3(O)CCCC3)n2)N=N)cc(-c2cccc(C#N)c2)n1. The molecule has 5 N–H and O–H groups in total. The monoisotopic (exact) mass is 512 g/mol. The first-order chi connectivity index (χ1) is 18.2. The van der Waals surface area contributed by atoms with Crippen molar-refractivity contribution >= 4 is 11.6 Å². The van der Waals surface area contributed by atoms with Crippen LogP contribution in [-0.4, -0.2) is 37.3 Å². The van der Waals surface area contributed by atoms with Gasteiger partial charge < -0.3 is 20.8 Å². The van der Waals surface area contributed by atoms with Crippen molar-refractivity contribution in [1.29, 1.82) is 10.8 Å². The van der Waals surface area contributed by atoms with Crippen LogP contribution in [0.3, 0.4) is 0 Å². The van der Waals surface area contributed by atoms with Gasteiger partial charge in [-0.25, -0.2) is 15.5 Å². The first kappa shape index (κ1) is 26.9. The van der Waals surface area contributed by atoms with Crippen LogP contribution in [-0.2, 0) is 12.1 Å². The molecule has 0 spiro atoms. The summed E-state index contributed by atoms with van der Waals surface area (Å²) in [7, 11) is 0. The van der Waals surface area contributed by atoms with Gasteiger partial charge in [0.1, 0.15) is 11.3 Å². The zero-order valence-corrected chi connectivity index (χ0v) is 21.6. The van der Waals surface area contributed by atoms with Crippen molar-refractivity contribution in [3.63, 3.8) is 0 Å². The molecule has 0 amide bonds. The highest BCUT2D eigenvalue weighted by Crippen LogP contribution is 2.37. The standard InChI is InChI=1S/C28H32N8O2/c1-27(2,37)18-32-26-34-22(20-8-5-7-19(13-20)15-29)14-23(35-26)24(36-30)17-31-16-21-9-6-10-25(33-21)28(38)11-3-4-12-28/h5-10,13-14,17,30-31,37-38H,3-4,11-12,16,18H2,1-2H3,(H,32,34,35)/b24-17-,36-30?. The number of benzene rings is 1. The Labute approximate surface area is 222 Å². The van der Waals surface area contributed by atoms with Gasteiger partial charge in [0.2, 0.25) is 5.95 Å². The predicted molar refractivity (Wildman–Crippen MR) is 144 cm³/mol. The molecule has 10 nitrogen and oxygen atoms in total.